The van der Waals surface area contributed by atoms with Crippen molar-refractivity contribution in [2.75, 3.05) is 34.9 Å². The van der Waals surface area contributed by atoms with Gasteiger partial charge in [0, 0.05) is 59.4 Å². The van der Waals surface area contributed by atoms with Crippen molar-refractivity contribution in [2.24, 2.45) is 33.9 Å². The Kier molecular flexibility index (Phi) is 9.33. The van der Waals surface area contributed by atoms with Crippen molar-refractivity contribution in [1.82, 2.24) is 23.3 Å². The fourth-order valence-corrected chi connectivity index (χ4v) is 4.44. The van der Waals surface area contributed by atoms with E-state index in [4.69, 9.17) is 10.5 Å². The first-order valence-electron chi connectivity index (χ1n) is 13.4. The number of nitrogens with one attached hydrogen (secondary N) is 4. The molecule has 6 N–H and O–H groups in total. The molecule has 0 aliphatic rings. The number of esters is 1. The van der Waals surface area contributed by atoms with Gasteiger partial charge in [0.1, 0.15) is 17.1 Å². The Morgan fingerprint density at radius 3 is 1.77 bits per heavy atom. The molecule has 0 radical (unpaired) electrons. The van der Waals surface area contributed by atoms with Crippen LogP contribution in [0.25, 0.3) is 0 Å². The topological polar surface area (TPSA) is 201 Å². The Bertz CT molecular complexity index is 1740. The number of carbonyl (C=O) groups excluding carboxylic acids is 5. The Morgan fingerprint density at radius 2 is 1.20 bits per heavy atom. The zero-order valence-electron chi connectivity index (χ0n) is 24.9. The quantitative estimate of drug-likeness (QED) is 0.159. The number of nitrogens with zero attached hydrogens (tertiary/aromatic N) is 5. The fourth-order valence-electron chi connectivity index (χ4n) is 4.44. The number of nitrogens with two attached hydrogens (primary N) is 1. The molecule has 0 bridgehead atoms. The molecule has 16 nitrogen and oxygen atoms in total. The predicted octanol–water partition coefficient (Wildman–Crippen LogP) is 1.66. The van der Waals surface area contributed by atoms with E-state index in [-0.39, 0.29) is 35.4 Å². The molecule has 0 aliphatic heterocycles. The minimum absolute atomic E-state index is 0.0149. The maximum absolute atomic E-state index is 13.1. The molecule has 44 heavy (non-hydrogen) atoms. The Balaban J connectivity index is 1.40. The monoisotopic (exact) mass is 606 g/mol. The van der Waals surface area contributed by atoms with Gasteiger partial charge < -0.3 is 50.0 Å². The number of amides is 4. The van der Waals surface area contributed by atoms with Crippen LogP contribution in [0.15, 0.2) is 43.0 Å². The second-order valence-corrected chi connectivity index (χ2v) is 10.0. The van der Waals surface area contributed by atoms with Gasteiger partial charge in [-0.1, -0.05) is 0 Å². The molecule has 4 amide bonds. The van der Waals surface area contributed by atoms with E-state index >= 15 is 0 Å². The van der Waals surface area contributed by atoms with Gasteiger partial charge in [-0.3, -0.25) is 19.2 Å². The van der Waals surface area contributed by atoms with E-state index in [1.165, 1.54) is 39.1 Å². The fraction of sp³-hybridized carbons (Fsp3) is 0.286. The summed E-state index contributed by atoms with van der Waals surface area (Å²) in [4.78, 5) is 66.9. The molecule has 0 aromatic carbocycles. The molecule has 4 aromatic heterocycles. The summed E-state index contributed by atoms with van der Waals surface area (Å²) in [5.41, 5.74) is 7.42. The van der Waals surface area contributed by atoms with Crippen LogP contribution in [-0.4, -0.2) is 66.5 Å². The van der Waals surface area contributed by atoms with Gasteiger partial charge in [-0.25, -0.2) is 9.78 Å². The van der Waals surface area contributed by atoms with E-state index in [0.717, 1.165) is 0 Å². The van der Waals surface area contributed by atoms with Crippen LogP contribution in [0.5, 0.6) is 0 Å². The normalized spacial score (nSPS) is 10.8. The van der Waals surface area contributed by atoms with Crippen molar-refractivity contribution < 1.29 is 28.7 Å². The second-order valence-electron chi connectivity index (χ2n) is 10.0. The van der Waals surface area contributed by atoms with Gasteiger partial charge >= 0.3 is 5.97 Å². The van der Waals surface area contributed by atoms with E-state index in [1.807, 2.05) is 0 Å². The molecule has 4 aromatic rings. The summed E-state index contributed by atoms with van der Waals surface area (Å²) in [7, 11) is 7.82. The van der Waals surface area contributed by atoms with Crippen molar-refractivity contribution in [3.05, 3.63) is 65.9 Å². The smallest absolute Gasteiger partial charge is 0.354 e. The number of hydrogen-bond acceptors (Lipinski definition) is 8. The lowest BCUT2D eigenvalue weighted by atomic mass is 10.3. The SMILES string of the molecule is COC(=O)c1cc(NC(=O)c2nc(NC(=O)c3cc(NC(=O)c4cc(NC(=O)CCCN)cn4C)cn3C)cn2C)cn1C. The maximum atomic E-state index is 13.1. The maximum Gasteiger partial charge on any atom is 0.354 e. The molecular weight excluding hydrogens is 572 g/mol. The first kappa shape index (κ1) is 31.3. The summed E-state index contributed by atoms with van der Waals surface area (Å²) in [6.07, 6.45) is 7.07. The van der Waals surface area contributed by atoms with E-state index in [9.17, 15) is 24.0 Å². The van der Waals surface area contributed by atoms with E-state index in [0.29, 0.717) is 35.7 Å². The summed E-state index contributed by atoms with van der Waals surface area (Å²) in [6, 6.07) is 4.52. The number of aryl methyl sites for hydroxylation is 4. The number of methoxy groups -OCH3 is 1. The van der Waals surface area contributed by atoms with Crippen LogP contribution in [0.2, 0.25) is 0 Å². The molecule has 232 valence electrons. The van der Waals surface area contributed by atoms with Gasteiger partial charge in [0.25, 0.3) is 17.7 Å². The summed E-state index contributed by atoms with van der Waals surface area (Å²) in [5.74, 6) is -2.12. The zero-order chi connectivity index (χ0) is 32.1. The molecular formula is C28H34N10O6. The highest BCUT2D eigenvalue weighted by Crippen LogP contribution is 2.20. The molecule has 0 saturated heterocycles. The van der Waals surface area contributed by atoms with Crippen molar-refractivity contribution in [2.45, 2.75) is 12.8 Å². The molecule has 0 saturated carbocycles. The average Bonchev–Trinajstić information content (AvgIpc) is 3.72. The van der Waals surface area contributed by atoms with Crippen molar-refractivity contribution >= 4 is 52.5 Å². The molecule has 0 fully saturated rings. The van der Waals surface area contributed by atoms with Gasteiger partial charge in [0.15, 0.2) is 5.82 Å². The first-order chi connectivity index (χ1) is 20.9. The lowest BCUT2D eigenvalue weighted by Crippen LogP contribution is -2.17. The molecule has 16 heteroatoms. The number of anilines is 4. The highest BCUT2D eigenvalue weighted by atomic mass is 16.5. The van der Waals surface area contributed by atoms with Crippen molar-refractivity contribution in [3.8, 4) is 0 Å². The van der Waals surface area contributed by atoms with Crippen molar-refractivity contribution in [3.63, 3.8) is 0 Å². The average molecular weight is 607 g/mol. The number of carbonyl (C=O) groups is 5. The lowest BCUT2D eigenvalue weighted by Gasteiger charge is -2.03. The molecule has 0 atom stereocenters. The standard InChI is InChI=1S/C28H34N10O6/c1-35-12-16(30-23(39)7-6-8-29)9-19(35)25(40)31-17-10-20(36(2)13-17)26(41)34-22-15-38(4)24(33-22)27(42)32-18-11-21(28(43)44-5)37(3)14-18/h9-15H,6-8,29H2,1-5H3,(H,30,39)(H,31,40)(H,32,42)(H,34,41). The van der Waals surface area contributed by atoms with Gasteiger partial charge in [-0.05, 0) is 31.2 Å². The number of imidazole rings is 1. The highest BCUT2D eigenvalue weighted by molar-refractivity contribution is 6.08. The van der Waals surface area contributed by atoms with Crippen LogP contribution in [0, 0.1) is 0 Å². The van der Waals surface area contributed by atoms with Crippen LogP contribution < -0.4 is 27.0 Å². The Morgan fingerprint density at radius 1 is 0.705 bits per heavy atom. The summed E-state index contributed by atoms with van der Waals surface area (Å²) in [6.45, 7) is 0.406. The van der Waals surface area contributed by atoms with Crippen LogP contribution in [0.4, 0.5) is 22.9 Å². The summed E-state index contributed by atoms with van der Waals surface area (Å²) < 4.78 is 10.8. The summed E-state index contributed by atoms with van der Waals surface area (Å²) >= 11 is 0. The van der Waals surface area contributed by atoms with Crippen molar-refractivity contribution in [1.29, 1.82) is 0 Å². The lowest BCUT2D eigenvalue weighted by molar-refractivity contribution is -0.116. The molecule has 4 heterocycles. The van der Waals surface area contributed by atoms with Gasteiger partial charge in [-0.2, -0.15) is 0 Å². The number of rotatable bonds is 11. The number of aromatic nitrogens is 5. The Labute approximate surface area is 252 Å². The van der Waals surface area contributed by atoms with Gasteiger partial charge in [0.2, 0.25) is 11.7 Å². The van der Waals surface area contributed by atoms with E-state index in [1.54, 1.807) is 57.4 Å². The zero-order valence-corrected chi connectivity index (χ0v) is 24.9. The minimum atomic E-state index is -0.558. The molecule has 0 spiro atoms. The minimum Gasteiger partial charge on any atom is -0.464 e. The third-order valence-corrected chi connectivity index (χ3v) is 6.60. The van der Waals surface area contributed by atoms with Crippen LogP contribution in [0.3, 0.4) is 0 Å². The van der Waals surface area contributed by atoms with E-state index in [2.05, 4.69) is 26.3 Å². The third kappa shape index (κ3) is 7.04. The number of ether oxygens (including phenoxy) is 1. The first-order valence-corrected chi connectivity index (χ1v) is 13.4. The highest BCUT2D eigenvalue weighted by Gasteiger charge is 2.21. The van der Waals surface area contributed by atoms with Gasteiger partial charge in [-0.15, -0.1) is 0 Å². The predicted molar refractivity (Wildman–Crippen MR) is 162 cm³/mol. The van der Waals surface area contributed by atoms with Crippen LogP contribution >= 0.6 is 0 Å². The van der Waals surface area contributed by atoms with Crippen LogP contribution in [0.1, 0.15) is 54.9 Å². The largest absolute Gasteiger partial charge is 0.464 e. The van der Waals surface area contributed by atoms with E-state index < -0.39 is 23.7 Å². The van der Waals surface area contributed by atoms with Crippen LogP contribution in [-0.2, 0) is 37.7 Å². The Hall–Kier alpha value is -5.64. The second kappa shape index (κ2) is 13.1. The van der Waals surface area contributed by atoms with Gasteiger partial charge in [0.05, 0.1) is 24.2 Å². The molecule has 0 unspecified atom stereocenters. The summed E-state index contributed by atoms with van der Waals surface area (Å²) in [5, 5.41) is 10.8. The third-order valence-electron chi connectivity index (χ3n) is 6.60. The number of hydrogen-bond donors (Lipinski definition) is 5. The molecule has 4 rings (SSSR count). The molecule has 0 aliphatic carbocycles.